The highest BCUT2D eigenvalue weighted by molar-refractivity contribution is 6.31. The van der Waals surface area contributed by atoms with Crippen LogP contribution >= 0.6 is 11.6 Å². The first-order valence-electron chi connectivity index (χ1n) is 5.85. The maximum Gasteiger partial charge on any atom is 0.134 e. The number of fused-ring (bicyclic) bond motifs is 1. The number of nitrogens with one attached hydrogen (secondary N) is 1. The summed E-state index contributed by atoms with van der Waals surface area (Å²) in [6, 6.07) is 5.51. The van der Waals surface area contributed by atoms with E-state index in [-0.39, 0.29) is 0 Å². The van der Waals surface area contributed by atoms with E-state index in [0.29, 0.717) is 11.6 Å². The van der Waals surface area contributed by atoms with Gasteiger partial charge in [-0.2, -0.15) is 5.10 Å². The smallest absolute Gasteiger partial charge is 0.134 e. The molecule has 2 heterocycles. The fourth-order valence-corrected chi connectivity index (χ4v) is 2.40. The molecule has 5 nitrogen and oxygen atoms in total. The molecule has 0 aliphatic carbocycles. The van der Waals surface area contributed by atoms with Gasteiger partial charge in [0.25, 0.3) is 0 Å². The zero-order chi connectivity index (χ0) is 13.4. The van der Waals surface area contributed by atoms with Crippen LogP contribution in [0, 0.1) is 0 Å². The maximum atomic E-state index is 6.08. The van der Waals surface area contributed by atoms with Gasteiger partial charge in [-0.05, 0) is 18.2 Å². The molecule has 6 heteroatoms. The van der Waals surface area contributed by atoms with Crippen LogP contribution in [0.5, 0.6) is 5.75 Å². The number of aromatic nitrogens is 2. The number of anilines is 1. The van der Waals surface area contributed by atoms with Crippen molar-refractivity contribution in [3.05, 3.63) is 28.8 Å². The highest BCUT2D eigenvalue weighted by atomic mass is 35.5. The number of benzene rings is 1. The number of hydrogen-bond donors (Lipinski definition) is 1. The Labute approximate surface area is 115 Å². The zero-order valence-corrected chi connectivity index (χ0v) is 11.4. The van der Waals surface area contributed by atoms with Crippen molar-refractivity contribution < 1.29 is 4.74 Å². The van der Waals surface area contributed by atoms with E-state index in [2.05, 4.69) is 15.4 Å². The first-order valence-corrected chi connectivity index (χ1v) is 6.23. The molecule has 98 valence electrons. The number of nitrogens with zero attached hydrogens (tertiary/aromatic N) is 3. The van der Waals surface area contributed by atoms with Gasteiger partial charge in [-0.1, -0.05) is 11.6 Å². The third-order valence-corrected chi connectivity index (χ3v) is 3.34. The number of aryl methyl sites for hydroxylation is 1. The minimum absolute atomic E-state index is 0.598. The van der Waals surface area contributed by atoms with Gasteiger partial charge in [0.2, 0.25) is 0 Å². The molecule has 2 aromatic rings. The SMILES string of the molecule is COc1ccc(Cl)cc1-c1nn(C)c2c1CN=CN2. The lowest BCUT2D eigenvalue weighted by Crippen LogP contribution is -2.07. The normalized spacial score (nSPS) is 13.0. The standard InChI is InChI=1S/C13H13ClN4O/c1-18-13-10(6-15-7-16-13)12(17-18)9-5-8(14)3-4-11(9)19-2/h3-5,7H,6H2,1-2H3,(H,15,16). The molecule has 0 amide bonds. The number of rotatable bonds is 2. The van der Waals surface area contributed by atoms with Crippen LogP contribution in [-0.4, -0.2) is 23.2 Å². The molecule has 0 saturated heterocycles. The Kier molecular flexibility index (Phi) is 2.91. The Morgan fingerprint density at radius 3 is 3.05 bits per heavy atom. The molecule has 0 bridgehead atoms. The van der Waals surface area contributed by atoms with Gasteiger partial charge in [-0.3, -0.25) is 9.67 Å². The lowest BCUT2D eigenvalue weighted by molar-refractivity contribution is 0.416. The molecular weight excluding hydrogens is 264 g/mol. The lowest BCUT2D eigenvalue weighted by Gasteiger charge is -2.11. The topological polar surface area (TPSA) is 51.4 Å². The summed E-state index contributed by atoms with van der Waals surface area (Å²) in [7, 11) is 3.53. The minimum Gasteiger partial charge on any atom is -0.496 e. The van der Waals surface area contributed by atoms with E-state index in [1.165, 1.54) is 0 Å². The summed E-state index contributed by atoms with van der Waals surface area (Å²) in [5.74, 6) is 1.70. The van der Waals surface area contributed by atoms with Crippen molar-refractivity contribution in [1.82, 2.24) is 9.78 Å². The molecule has 1 aliphatic rings. The van der Waals surface area contributed by atoms with Crippen molar-refractivity contribution in [1.29, 1.82) is 0 Å². The highest BCUT2D eigenvalue weighted by Crippen LogP contribution is 2.37. The van der Waals surface area contributed by atoms with Gasteiger partial charge in [-0.15, -0.1) is 0 Å². The third-order valence-electron chi connectivity index (χ3n) is 3.10. The quantitative estimate of drug-likeness (QED) is 0.917. The van der Waals surface area contributed by atoms with Gasteiger partial charge in [0.15, 0.2) is 0 Å². The summed E-state index contributed by atoms with van der Waals surface area (Å²) < 4.78 is 7.19. The van der Waals surface area contributed by atoms with Gasteiger partial charge < -0.3 is 10.1 Å². The monoisotopic (exact) mass is 276 g/mol. The summed E-state index contributed by atoms with van der Waals surface area (Å²) in [5, 5.41) is 8.31. The number of ether oxygens (including phenoxy) is 1. The third kappa shape index (κ3) is 1.96. The Bertz CT molecular complexity index is 663. The average molecular weight is 277 g/mol. The van der Waals surface area contributed by atoms with Gasteiger partial charge >= 0.3 is 0 Å². The van der Waals surface area contributed by atoms with E-state index < -0.39 is 0 Å². The average Bonchev–Trinajstić information content (AvgIpc) is 2.77. The molecule has 0 unspecified atom stereocenters. The van der Waals surface area contributed by atoms with Gasteiger partial charge in [0.05, 0.1) is 20.0 Å². The maximum absolute atomic E-state index is 6.08. The Hall–Kier alpha value is -2.01. The van der Waals surface area contributed by atoms with Crippen LogP contribution in [-0.2, 0) is 13.6 Å². The van der Waals surface area contributed by atoms with Crippen molar-refractivity contribution in [3.63, 3.8) is 0 Å². The summed E-state index contributed by atoms with van der Waals surface area (Å²) in [4.78, 5) is 4.23. The highest BCUT2D eigenvalue weighted by Gasteiger charge is 2.21. The van der Waals surface area contributed by atoms with Crippen LogP contribution in [0.3, 0.4) is 0 Å². The second-order valence-corrected chi connectivity index (χ2v) is 4.69. The van der Waals surface area contributed by atoms with E-state index in [0.717, 1.165) is 28.4 Å². The molecule has 19 heavy (non-hydrogen) atoms. The molecule has 1 aromatic carbocycles. The predicted octanol–water partition coefficient (Wildman–Crippen LogP) is 2.70. The van der Waals surface area contributed by atoms with Gasteiger partial charge in [0, 0.05) is 23.2 Å². The largest absolute Gasteiger partial charge is 0.496 e. The zero-order valence-electron chi connectivity index (χ0n) is 10.6. The van der Waals surface area contributed by atoms with E-state index in [1.54, 1.807) is 24.2 Å². The first-order chi connectivity index (χ1) is 9.20. The van der Waals surface area contributed by atoms with Crippen LogP contribution in [0.1, 0.15) is 5.56 Å². The molecule has 1 N–H and O–H groups in total. The Morgan fingerprint density at radius 1 is 1.42 bits per heavy atom. The lowest BCUT2D eigenvalue weighted by atomic mass is 10.1. The summed E-state index contributed by atoms with van der Waals surface area (Å²) >= 11 is 6.08. The van der Waals surface area contributed by atoms with Crippen LogP contribution in [0.25, 0.3) is 11.3 Å². The Morgan fingerprint density at radius 2 is 2.26 bits per heavy atom. The van der Waals surface area contributed by atoms with Crippen molar-refractivity contribution in [2.45, 2.75) is 6.54 Å². The van der Waals surface area contributed by atoms with Crippen molar-refractivity contribution in [2.24, 2.45) is 12.0 Å². The van der Waals surface area contributed by atoms with Crippen molar-refractivity contribution >= 4 is 23.8 Å². The van der Waals surface area contributed by atoms with E-state index in [9.17, 15) is 0 Å². The summed E-state index contributed by atoms with van der Waals surface area (Å²) in [6.07, 6.45) is 1.68. The first kappa shape index (κ1) is 12.0. The van der Waals surface area contributed by atoms with Crippen LogP contribution < -0.4 is 10.1 Å². The van der Waals surface area contributed by atoms with Crippen LogP contribution in [0.4, 0.5) is 5.82 Å². The second-order valence-electron chi connectivity index (χ2n) is 4.26. The molecule has 0 spiro atoms. The van der Waals surface area contributed by atoms with E-state index in [4.69, 9.17) is 16.3 Å². The number of halogens is 1. The molecule has 0 radical (unpaired) electrons. The summed E-state index contributed by atoms with van der Waals surface area (Å²) in [5.41, 5.74) is 2.78. The number of methoxy groups -OCH3 is 1. The molecule has 0 atom stereocenters. The predicted molar refractivity (Wildman–Crippen MR) is 76.0 cm³/mol. The van der Waals surface area contributed by atoms with Crippen LogP contribution in [0.2, 0.25) is 5.02 Å². The minimum atomic E-state index is 0.598. The molecule has 0 fully saturated rings. The number of aliphatic imine (C=N–C) groups is 1. The van der Waals surface area contributed by atoms with E-state index in [1.807, 2.05) is 19.2 Å². The van der Waals surface area contributed by atoms with Crippen LogP contribution in [0.15, 0.2) is 23.2 Å². The number of hydrogen-bond acceptors (Lipinski definition) is 4. The molecule has 1 aromatic heterocycles. The Balaban J connectivity index is 2.21. The fourth-order valence-electron chi connectivity index (χ4n) is 2.22. The molecule has 3 rings (SSSR count). The van der Waals surface area contributed by atoms with E-state index >= 15 is 0 Å². The van der Waals surface area contributed by atoms with Crippen molar-refractivity contribution in [2.75, 3.05) is 12.4 Å². The molecular formula is C13H13ClN4O. The van der Waals surface area contributed by atoms with Gasteiger partial charge in [-0.25, -0.2) is 0 Å². The summed E-state index contributed by atoms with van der Waals surface area (Å²) in [6.45, 7) is 0.598. The molecule has 0 saturated carbocycles. The van der Waals surface area contributed by atoms with Crippen molar-refractivity contribution in [3.8, 4) is 17.0 Å². The molecule has 1 aliphatic heterocycles. The van der Waals surface area contributed by atoms with Gasteiger partial charge in [0.1, 0.15) is 17.3 Å². The second kappa shape index (κ2) is 4.59. The fraction of sp³-hybridized carbons (Fsp3) is 0.231.